The van der Waals surface area contributed by atoms with Crippen molar-refractivity contribution in [3.05, 3.63) is 42.5 Å². The number of carboxylic acids is 1. The van der Waals surface area contributed by atoms with E-state index in [2.05, 4.69) is 16.5 Å². The Hall–Kier alpha value is -2.27. The quantitative estimate of drug-likeness (QED) is 0.413. The molecule has 0 bridgehead atoms. The molecule has 8 nitrogen and oxygen atoms in total. The lowest BCUT2D eigenvalue weighted by Crippen LogP contribution is -2.52. The van der Waals surface area contributed by atoms with Gasteiger partial charge in [0.25, 0.3) is 0 Å². The Bertz CT molecular complexity index is 1110. The molecule has 2 aromatic carbocycles. The lowest BCUT2D eigenvalue weighted by Gasteiger charge is -2.36. The first-order valence-electron chi connectivity index (χ1n) is 11.4. The fourth-order valence-electron chi connectivity index (χ4n) is 4.08. The number of benzene rings is 2. The van der Waals surface area contributed by atoms with E-state index < -0.39 is 27.6 Å². The number of carboxylic acid groups (broad SMARTS) is 1. The van der Waals surface area contributed by atoms with Crippen molar-refractivity contribution in [3.63, 3.8) is 0 Å². The number of carbonyl (C=O) groups is 1. The van der Waals surface area contributed by atoms with Gasteiger partial charge in [-0.2, -0.15) is 0 Å². The Labute approximate surface area is 205 Å². The van der Waals surface area contributed by atoms with Crippen LogP contribution in [0.15, 0.2) is 52.3 Å². The summed E-state index contributed by atoms with van der Waals surface area (Å²) in [6.07, 6.45) is 5.06. The SMILES string of the molecule is CCCC[C@@]1(CC)CN(c2ccccc2)c2cc(SC)c(OCC(N)C(=O)O)cc2S(=O)(=O)N1. The van der Waals surface area contributed by atoms with E-state index in [-0.39, 0.29) is 11.5 Å². The zero-order valence-corrected chi connectivity index (χ0v) is 21.4. The standard InChI is InChI=1S/C24H33N3O5S2/c1-4-6-12-24(5-2)16-27(17-10-8-7-9-11-17)19-13-21(33-3)20(32-15-18(25)23(28)29)14-22(19)34(30,31)26-24/h7-11,13-14,18,26H,4-6,12,15-16,25H2,1-3H3,(H,28,29)/t18?,24-/m0/s1. The van der Waals surface area contributed by atoms with Gasteiger partial charge in [-0.25, -0.2) is 13.1 Å². The first-order valence-corrected chi connectivity index (χ1v) is 14.1. The molecule has 0 aromatic heterocycles. The highest BCUT2D eigenvalue weighted by Crippen LogP contribution is 2.43. The molecule has 1 unspecified atom stereocenters. The second kappa shape index (κ2) is 11.0. The van der Waals surface area contributed by atoms with E-state index >= 15 is 0 Å². The van der Waals surface area contributed by atoms with E-state index in [1.807, 2.05) is 43.5 Å². The van der Waals surface area contributed by atoms with Gasteiger partial charge in [0, 0.05) is 18.3 Å². The van der Waals surface area contributed by atoms with Crippen LogP contribution in [-0.2, 0) is 14.8 Å². The van der Waals surface area contributed by atoms with Crippen LogP contribution >= 0.6 is 11.8 Å². The maximum atomic E-state index is 13.7. The van der Waals surface area contributed by atoms with Crippen molar-refractivity contribution in [2.75, 3.05) is 24.3 Å². The van der Waals surface area contributed by atoms with Gasteiger partial charge >= 0.3 is 5.97 Å². The zero-order chi connectivity index (χ0) is 24.9. The predicted molar refractivity (Wildman–Crippen MR) is 136 cm³/mol. The summed E-state index contributed by atoms with van der Waals surface area (Å²) in [5.41, 5.74) is 6.41. The van der Waals surface area contributed by atoms with Gasteiger partial charge in [0.1, 0.15) is 23.3 Å². The number of nitrogens with one attached hydrogen (secondary N) is 1. The number of nitrogens with zero attached hydrogens (tertiary/aromatic N) is 1. The third-order valence-corrected chi connectivity index (χ3v) is 8.49. The van der Waals surface area contributed by atoms with E-state index in [9.17, 15) is 13.2 Å². The Morgan fingerprint density at radius 3 is 2.59 bits per heavy atom. The number of unbranched alkanes of at least 4 members (excludes halogenated alkanes) is 1. The Kier molecular flexibility index (Phi) is 8.51. The molecule has 0 aliphatic carbocycles. The average Bonchev–Trinajstić information content (AvgIpc) is 2.93. The molecule has 0 fully saturated rings. The molecule has 186 valence electrons. The highest BCUT2D eigenvalue weighted by molar-refractivity contribution is 7.98. The Balaban J connectivity index is 2.18. The molecule has 3 rings (SSSR count). The molecule has 1 heterocycles. The third kappa shape index (κ3) is 5.68. The van der Waals surface area contributed by atoms with Gasteiger partial charge in [-0.05, 0) is 37.3 Å². The van der Waals surface area contributed by atoms with Crippen LogP contribution in [0.5, 0.6) is 5.75 Å². The number of aliphatic carboxylic acids is 1. The number of hydrogen-bond donors (Lipinski definition) is 3. The summed E-state index contributed by atoms with van der Waals surface area (Å²) in [7, 11) is -3.90. The number of para-hydroxylation sites is 1. The maximum Gasteiger partial charge on any atom is 0.324 e. The topological polar surface area (TPSA) is 122 Å². The Morgan fingerprint density at radius 1 is 1.29 bits per heavy atom. The van der Waals surface area contributed by atoms with Gasteiger partial charge in [-0.15, -0.1) is 11.8 Å². The second-order valence-electron chi connectivity index (χ2n) is 8.49. The summed E-state index contributed by atoms with van der Waals surface area (Å²) in [5.74, 6) is -0.896. The van der Waals surface area contributed by atoms with Crippen molar-refractivity contribution >= 4 is 39.1 Å². The number of hydrogen-bond acceptors (Lipinski definition) is 7. The molecule has 0 radical (unpaired) electrons. The van der Waals surface area contributed by atoms with Crippen LogP contribution in [0.25, 0.3) is 0 Å². The summed E-state index contributed by atoms with van der Waals surface area (Å²) in [4.78, 5) is 14.0. The number of ether oxygens (including phenoxy) is 1. The number of fused-ring (bicyclic) bond motifs is 1. The van der Waals surface area contributed by atoms with Crippen LogP contribution in [0.4, 0.5) is 11.4 Å². The summed E-state index contributed by atoms with van der Waals surface area (Å²) in [6, 6.07) is 11.8. The van der Waals surface area contributed by atoms with E-state index in [1.165, 1.54) is 17.8 Å². The van der Waals surface area contributed by atoms with Crippen LogP contribution in [-0.4, -0.2) is 50.5 Å². The van der Waals surface area contributed by atoms with Crippen LogP contribution in [0.2, 0.25) is 0 Å². The van der Waals surface area contributed by atoms with Crippen LogP contribution in [0, 0.1) is 0 Å². The smallest absolute Gasteiger partial charge is 0.324 e. The predicted octanol–water partition coefficient (Wildman–Crippen LogP) is 3.97. The lowest BCUT2D eigenvalue weighted by molar-refractivity contribution is -0.139. The Morgan fingerprint density at radius 2 is 2.00 bits per heavy atom. The second-order valence-corrected chi connectivity index (χ2v) is 11.0. The number of sulfonamides is 1. The van der Waals surface area contributed by atoms with E-state index in [0.717, 1.165) is 18.5 Å². The van der Waals surface area contributed by atoms with Crippen molar-refractivity contribution in [1.82, 2.24) is 4.72 Å². The van der Waals surface area contributed by atoms with Crippen LogP contribution in [0.3, 0.4) is 0 Å². The van der Waals surface area contributed by atoms with Gasteiger partial charge in [-0.3, -0.25) is 4.79 Å². The summed E-state index contributed by atoms with van der Waals surface area (Å²) in [5, 5.41) is 9.09. The summed E-state index contributed by atoms with van der Waals surface area (Å²) < 4.78 is 36.1. The highest BCUT2D eigenvalue weighted by Gasteiger charge is 2.41. The lowest BCUT2D eigenvalue weighted by atomic mass is 9.89. The highest BCUT2D eigenvalue weighted by atomic mass is 32.2. The molecular weight excluding hydrogens is 474 g/mol. The van der Waals surface area contributed by atoms with E-state index in [1.54, 1.807) is 6.07 Å². The zero-order valence-electron chi connectivity index (χ0n) is 19.8. The molecule has 1 aliphatic heterocycles. The van der Waals surface area contributed by atoms with Gasteiger partial charge in [0.15, 0.2) is 0 Å². The fraction of sp³-hybridized carbons (Fsp3) is 0.458. The molecule has 2 aromatic rings. The molecular formula is C24H33N3O5S2. The molecule has 0 saturated heterocycles. The first-order chi connectivity index (χ1) is 16.2. The number of rotatable bonds is 10. The number of thioether (sulfide) groups is 1. The summed E-state index contributed by atoms with van der Waals surface area (Å²) >= 11 is 1.40. The molecule has 10 heteroatoms. The van der Waals surface area contributed by atoms with Crippen LogP contribution < -0.4 is 20.1 Å². The van der Waals surface area contributed by atoms with Crippen LogP contribution in [0.1, 0.15) is 39.5 Å². The molecule has 0 spiro atoms. The van der Waals surface area contributed by atoms with E-state index in [4.69, 9.17) is 15.6 Å². The van der Waals surface area contributed by atoms with E-state index in [0.29, 0.717) is 35.7 Å². The fourth-order valence-corrected chi connectivity index (χ4v) is 6.33. The normalized spacial score (nSPS) is 20.3. The van der Waals surface area contributed by atoms with Gasteiger partial charge in [0.05, 0.1) is 16.1 Å². The third-order valence-electron chi connectivity index (χ3n) is 6.13. The minimum Gasteiger partial charge on any atom is -0.490 e. The van der Waals surface area contributed by atoms with Crippen molar-refractivity contribution in [2.24, 2.45) is 5.73 Å². The molecule has 34 heavy (non-hydrogen) atoms. The minimum atomic E-state index is -3.90. The number of nitrogens with two attached hydrogens (primary N) is 1. The van der Waals surface area contributed by atoms with Gasteiger partial charge in [-0.1, -0.05) is 44.9 Å². The van der Waals surface area contributed by atoms with Crippen molar-refractivity contribution in [3.8, 4) is 5.75 Å². The first kappa shape index (κ1) is 26.3. The molecule has 2 atom stereocenters. The summed E-state index contributed by atoms with van der Waals surface area (Å²) in [6.45, 7) is 4.31. The number of anilines is 2. The van der Waals surface area contributed by atoms with Gasteiger partial charge in [0.2, 0.25) is 10.0 Å². The van der Waals surface area contributed by atoms with Gasteiger partial charge < -0.3 is 20.5 Å². The average molecular weight is 508 g/mol. The van der Waals surface area contributed by atoms with Crippen molar-refractivity contribution < 1.29 is 23.1 Å². The minimum absolute atomic E-state index is 0.0971. The molecule has 0 amide bonds. The maximum absolute atomic E-state index is 13.7. The molecule has 1 aliphatic rings. The van der Waals surface area contributed by atoms with Crippen molar-refractivity contribution in [1.29, 1.82) is 0 Å². The monoisotopic (exact) mass is 507 g/mol. The largest absolute Gasteiger partial charge is 0.490 e. The molecule has 4 N–H and O–H groups in total. The molecule has 0 saturated carbocycles. The van der Waals surface area contributed by atoms with Crippen molar-refractivity contribution in [2.45, 2.75) is 60.9 Å².